The molecular weight excluding hydrogens is 332 g/mol. The number of amides is 1. The van der Waals surface area contributed by atoms with Crippen LogP contribution in [0.25, 0.3) is 11.3 Å². The number of hydrogen-bond donors (Lipinski definition) is 0. The highest BCUT2D eigenvalue weighted by Crippen LogP contribution is 2.31. The molecule has 6 nitrogen and oxygen atoms in total. The Bertz CT molecular complexity index is 679. The molecule has 2 rings (SSSR count). The first-order chi connectivity index (χ1) is 11.6. The van der Waals surface area contributed by atoms with E-state index in [1.807, 2.05) is 18.2 Å². The van der Waals surface area contributed by atoms with Gasteiger partial charge in [0.2, 0.25) is 0 Å². The fraction of sp³-hybridized carbons (Fsp3) is 0.412. The molecule has 0 fully saturated rings. The van der Waals surface area contributed by atoms with Crippen molar-refractivity contribution in [3.63, 3.8) is 0 Å². The maximum Gasteiger partial charge on any atom is 0.259 e. The van der Waals surface area contributed by atoms with Crippen molar-refractivity contribution in [1.82, 2.24) is 10.1 Å². The number of nitrogens with zero attached hydrogens (tertiary/aromatic N) is 2. The predicted molar refractivity (Wildman–Crippen MR) is 91.3 cm³/mol. The molecular formula is C17H21ClN2O4. The second-order valence-corrected chi connectivity index (χ2v) is 5.63. The molecule has 0 saturated carbocycles. The number of aromatic nitrogens is 1. The van der Waals surface area contributed by atoms with Crippen molar-refractivity contribution in [1.29, 1.82) is 0 Å². The van der Waals surface area contributed by atoms with E-state index in [1.54, 1.807) is 32.1 Å². The van der Waals surface area contributed by atoms with Crippen molar-refractivity contribution in [3.05, 3.63) is 40.6 Å². The minimum absolute atomic E-state index is 0.183. The predicted octanol–water partition coefficient (Wildman–Crippen LogP) is 3.04. The van der Waals surface area contributed by atoms with Crippen LogP contribution in [0, 0.1) is 6.92 Å². The monoisotopic (exact) mass is 352 g/mol. The van der Waals surface area contributed by atoms with E-state index in [0.717, 1.165) is 0 Å². The van der Waals surface area contributed by atoms with Gasteiger partial charge >= 0.3 is 0 Å². The van der Waals surface area contributed by atoms with Gasteiger partial charge in [0.15, 0.2) is 0 Å². The topological polar surface area (TPSA) is 64.8 Å². The Kier molecular flexibility index (Phi) is 6.78. The molecule has 7 heteroatoms. The average Bonchev–Trinajstić information content (AvgIpc) is 2.96. The summed E-state index contributed by atoms with van der Waals surface area (Å²) in [6, 6.07) is 7.23. The highest BCUT2D eigenvalue weighted by Gasteiger charge is 2.26. The quantitative estimate of drug-likeness (QED) is 0.730. The molecule has 0 N–H and O–H groups in total. The molecule has 0 saturated heterocycles. The van der Waals surface area contributed by atoms with E-state index in [-0.39, 0.29) is 5.91 Å². The van der Waals surface area contributed by atoms with Crippen molar-refractivity contribution in [2.75, 3.05) is 40.5 Å². The molecule has 0 unspecified atom stereocenters. The number of rotatable bonds is 8. The van der Waals surface area contributed by atoms with Gasteiger partial charge < -0.3 is 18.9 Å². The molecule has 0 bridgehead atoms. The van der Waals surface area contributed by atoms with Crippen LogP contribution in [0.3, 0.4) is 0 Å². The molecule has 1 heterocycles. The Morgan fingerprint density at radius 3 is 2.42 bits per heavy atom. The number of carbonyl (C=O) groups excluding carboxylic acids is 1. The highest BCUT2D eigenvalue weighted by atomic mass is 35.5. The van der Waals surface area contributed by atoms with Gasteiger partial charge in [0.1, 0.15) is 17.0 Å². The lowest BCUT2D eigenvalue weighted by molar-refractivity contribution is 0.0626. The van der Waals surface area contributed by atoms with Crippen LogP contribution in [0.5, 0.6) is 0 Å². The lowest BCUT2D eigenvalue weighted by atomic mass is 10.0. The summed E-state index contributed by atoms with van der Waals surface area (Å²) in [4.78, 5) is 14.7. The molecule has 1 amide bonds. The largest absolute Gasteiger partial charge is 0.383 e. The fourth-order valence-corrected chi connectivity index (χ4v) is 2.56. The van der Waals surface area contributed by atoms with Gasteiger partial charge in [-0.15, -0.1) is 0 Å². The van der Waals surface area contributed by atoms with Crippen LogP contribution in [0.4, 0.5) is 0 Å². The van der Waals surface area contributed by atoms with Crippen LogP contribution in [0.2, 0.25) is 5.02 Å². The third kappa shape index (κ3) is 4.14. The Morgan fingerprint density at radius 1 is 1.21 bits per heavy atom. The molecule has 1 aromatic carbocycles. The summed E-state index contributed by atoms with van der Waals surface area (Å²) in [6.45, 7) is 3.48. The minimum atomic E-state index is -0.183. The first-order valence-corrected chi connectivity index (χ1v) is 7.96. The summed E-state index contributed by atoms with van der Waals surface area (Å²) in [5, 5.41) is 4.56. The average molecular weight is 353 g/mol. The van der Waals surface area contributed by atoms with Crippen molar-refractivity contribution in [2.24, 2.45) is 0 Å². The Hall–Kier alpha value is -1.89. The molecule has 0 spiro atoms. The van der Waals surface area contributed by atoms with Gasteiger partial charge in [0.05, 0.1) is 18.2 Å². The maximum absolute atomic E-state index is 13.0. The zero-order valence-electron chi connectivity index (χ0n) is 14.0. The van der Waals surface area contributed by atoms with Gasteiger partial charge in [-0.2, -0.15) is 0 Å². The van der Waals surface area contributed by atoms with E-state index in [9.17, 15) is 4.79 Å². The van der Waals surface area contributed by atoms with Crippen LogP contribution in [0.1, 0.15) is 16.1 Å². The van der Waals surface area contributed by atoms with E-state index in [4.69, 9.17) is 25.6 Å². The molecule has 0 aliphatic rings. The second kappa shape index (κ2) is 8.82. The first kappa shape index (κ1) is 18.4. The van der Waals surface area contributed by atoms with Gasteiger partial charge in [0, 0.05) is 32.9 Å². The molecule has 0 radical (unpaired) electrons. The number of carbonyl (C=O) groups is 1. The Balaban J connectivity index is 2.37. The maximum atomic E-state index is 13.0. The van der Waals surface area contributed by atoms with E-state index < -0.39 is 0 Å². The smallest absolute Gasteiger partial charge is 0.259 e. The molecule has 0 aliphatic carbocycles. The van der Waals surface area contributed by atoms with Crippen LogP contribution >= 0.6 is 11.6 Å². The Labute approximate surface area is 146 Å². The lowest BCUT2D eigenvalue weighted by Crippen LogP contribution is -2.36. The van der Waals surface area contributed by atoms with Crippen molar-refractivity contribution >= 4 is 17.5 Å². The van der Waals surface area contributed by atoms with Gasteiger partial charge in [0.25, 0.3) is 5.91 Å². The lowest BCUT2D eigenvalue weighted by Gasteiger charge is -2.22. The van der Waals surface area contributed by atoms with Gasteiger partial charge in [-0.1, -0.05) is 35.0 Å². The van der Waals surface area contributed by atoms with Gasteiger partial charge in [-0.3, -0.25) is 4.79 Å². The second-order valence-electron chi connectivity index (χ2n) is 5.22. The van der Waals surface area contributed by atoms with Gasteiger partial charge in [-0.05, 0) is 13.0 Å². The standard InChI is InChI=1S/C17H21ClN2O4/c1-12-15(17(21)20(8-10-22-2)9-11-23-3)16(19-24-12)13-6-4-5-7-14(13)18/h4-7H,8-11H2,1-3H3. The van der Waals surface area contributed by atoms with Crippen molar-refractivity contribution in [2.45, 2.75) is 6.92 Å². The molecule has 2 aromatic rings. The number of ether oxygens (including phenoxy) is 2. The SMILES string of the molecule is COCCN(CCOC)C(=O)c1c(-c2ccccc2Cl)noc1C. The van der Waals surface area contributed by atoms with Crippen LogP contribution in [0.15, 0.2) is 28.8 Å². The number of aryl methyl sites for hydroxylation is 1. The van der Waals surface area contributed by atoms with Crippen LogP contribution in [-0.2, 0) is 9.47 Å². The summed E-state index contributed by atoms with van der Waals surface area (Å²) >= 11 is 6.24. The summed E-state index contributed by atoms with van der Waals surface area (Å²) in [7, 11) is 3.19. The summed E-state index contributed by atoms with van der Waals surface area (Å²) < 4.78 is 15.4. The van der Waals surface area contributed by atoms with Gasteiger partial charge in [-0.25, -0.2) is 0 Å². The Morgan fingerprint density at radius 2 is 1.83 bits per heavy atom. The van der Waals surface area contributed by atoms with Crippen molar-refractivity contribution < 1.29 is 18.8 Å². The zero-order chi connectivity index (χ0) is 17.5. The van der Waals surface area contributed by atoms with Crippen LogP contribution in [-0.4, -0.2) is 56.5 Å². The normalized spacial score (nSPS) is 10.8. The molecule has 1 aromatic heterocycles. The van der Waals surface area contributed by atoms with E-state index in [1.165, 1.54) is 0 Å². The number of halogens is 1. The fourth-order valence-electron chi connectivity index (χ4n) is 2.34. The van der Waals surface area contributed by atoms with E-state index >= 15 is 0 Å². The third-order valence-corrected chi connectivity index (χ3v) is 3.95. The summed E-state index contributed by atoms with van der Waals surface area (Å²) in [5.41, 5.74) is 1.52. The highest BCUT2D eigenvalue weighted by molar-refractivity contribution is 6.33. The third-order valence-electron chi connectivity index (χ3n) is 3.62. The summed E-state index contributed by atoms with van der Waals surface area (Å²) in [6.07, 6.45) is 0. The first-order valence-electron chi connectivity index (χ1n) is 7.58. The molecule has 24 heavy (non-hydrogen) atoms. The number of benzene rings is 1. The molecule has 130 valence electrons. The van der Waals surface area contributed by atoms with Crippen molar-refractivity contribution in [3.8, 4) is 11.3 Å². The zero-order valence-corrected chi connectivity index (χ0v) is 14.8. The van der Waals surface area contributed by atoms with E-state index in [2.05, 4.69) is 5.16 Å². The molecule has 0 atom stereocenters. The van der Waals surface area contributed by atoms with Crippen LogP contribution < -0.4 is 0 Å². The number of methoxy groups -OCH3 is 2. The molecule has 0 aliphatic heterocycles. The summed E-state index contributed by atoms with van der Waals surface area (Å²) in [5.74, 6) is 0.271. The minimum Gasteiger partial charge on any atom is -0.383 e. The van der Waals surface area contributed by atoms with E-state index in [0.29, 0.717) is 53.9 Å². The number of hydrogen-bond acceptors (Lipinski definition) is 5.